The van der Waals surface area contributed by atoms with Gasteiger partial charge in [-0.1, -0.05) is 69.9 Å². The summed E-state index contributed by atoms with van der Waals surface area (Å²) in [5.41, 5.74) is 1.05. The zero-order chi connectivity index (χ0) is 11.8. The van der Waals surface area contributed by atoms with Crippen LogP contribution in [-0.4, -0.2) is 5.11 Å². The highest BCUT2D eigenvalue weighted by atomic mass is 16.3. The molecule has 1 rings (SSSR count). The van der Waals surface area contributed by atoms with Gasteiger partial charge in [-0.2, -0.15) is 0 Å². The number of hydrogen-bond acceptors (Lipinski definition) is 1. The average Bonchev–Trinajstić information content (AvgIpc) is 2.29. The predicted octanol–water partition coefficient (Wildman–Crippen LogP) is 4.33. The molecule has 1 unspecified atom stereocenters. The van der Waals surface area contributed by atoms with Crippen LogP contribution in [0.5, 0.6) is 0 Å². The average molecular weight is 220 g/mol. The van der Waals surface area contributed by atoms with Crippen LogP contribution in [-0.2, 0) is 0 Å². The van der Waals surface area contributed by atoms with E-state index in [9.17, 15) is 5.11 Å². The molecule has 0 bridgehead atoms. The first-order valence-corrected chi connectivity index (χ1v) is 6.43. The Morgan fingerprint density at radius 3 is 2.19 bits per heavy atom. The highest BCUT2D eigenvalue weighted by Crippen LogP contribution is 2.19. The predicted molar refractivity (Wildman–Crippen MR) is 69.3 cm³/mol. The maximum absolute atomic E-state index is 9.93. The van der Waals surface area contributed by atoms with Gasteiger partial charge in [-0.25, -0.2) is 0 Å². The van der Waals surface area contributed by atoms with Gasteiger partial charge in [0, 0.05) is 0 Å². The van der Waals surface area contributed by atoms with Gasteiger partial charge in [-0.3, -0.25) is 0 Å². The second-order valence-corrected chi connectivity index (χ2v) is 4.96. The van der Waals surface area contributed by atoms with Crippen LogP contribution in [0.15, 0.2) is 30.3 Å². The molecule has 1 aromatic carbocycles. The molecular weight excluding hydrogens is 196 g/mol. The first-order valence-electron chi connectivity index (χ1n) is 6.43. The maximum atomic E-state index is 9.93. The van der Waals surface area contributed by atoms with Gasteiger partial charge in [0.15, 0.2) is 0 Å². The van der Waals surface area contributed by atoms with Crippen molar-refractivity contribution in [2.75, 3.05) is 0 Å². The van der Waals surface area contributed by atoms with Gasteiger partial charge >= 0.3 is 0 Å². The van der Waals surface area contributed by atoms with E-state index in [2.05, 4.69) is 13.8 Å². The van der Waals surface area contributed by atoms with Crippen LogP contribution in [0.3, 0.4) is 0 Å². The molecule has 0 aliphatic carbocycles. The topological polar surface area (TPSA) is 20.2 Å². The third-order valence-corrected chi connectivity index (χ3v) is 2.94. The fraction of sp³-hybridized carbons (Fsp3) is 0.600. The molecule has 1 nitrogen and oxygen atoms in total. The molecule has 0 heterocycles. The monoisotopic (exact) mass is 220 g/mol. The van der Waals surface area contributed by atoms with Crippen molar-refractivity contribution in [2.24, 2.45) is 5.92 Å². The van der Waals surface area contributed by atoms with Gasteiger partial charge in [0.2, 0.25) is 0 Å². The minimum absolute atomic E-state index is 0.278. The van der Waals surface area contributed by atoms with Crippen LogP contribution in [0.2, 0.25) is 0 Å². The van der Waals surface area contributed by atoms with Crippen molar-refractivity contribution in [3.63, 3.8) is 0 Å². The Labute approximate surface area is 99.5 Å². The summed E-state index contributed by atoms with van der Waals surface area (Å²) >= 11 is 0. The number of aliphatic hydroxyl groups is 1. The molecule has 1 aromatic rings. The molecule has 0 radical (unpaired) electrons. The molecular formula is C15H24O. The van der Waals surface area contributed by atoms with Crippen LogP contribution < -0.4 is 0 Å². The molecule has 0 amide bonds. The summed E-state index contributed by atoms with van der Waals surface area (Å²) in [7, 11) is 0. The molecule has 1 N–H and O–H groups in total. The van der Waals surface area contributed by atoms with E-state index >= 15 is 0 Å². The molecule has 0 fully saturated rings. The highest BCUT2D eigenvalue weighted by Gasteiger charge is 2.05. The fourth-order valence-corrected chi connectivity index (χ4v) is 1.91. The molecule has 0 aliphatic rings. The lowest BCUT2D eigenvalue weighted by atomic mass is 10.0. The highest BCUT2D eigenvalue weighted by molar-refractivity contribution is 5.16. The van der Waals surface area contributed by atoms with Crippen LogP contribution >= 0.6 is 0 Å². The van der Waals surface area contributed by atoms with Gasteiger partial charge in [0.05, 0.1) is 6.10 Å². The Balaban J connectivity index is 2.14. The number of unbranched alkanes of at least 4 members (excludes halogenated alkanes) is 2. The van der Waals surface area contributed by atoms with Gasteiger partial charge < -0.3 is 5.11 Å². The van der Waals surface area contributed by atoms with Crippen LogP contribution in [0.4, 0.5) is 0 Å². The molecule has 1 heteroatoms. The zero-order valence-corrected chi connectivity index (χ0v) is 10.5. The SMILES string of the molecule is CC(C)CCCCCC(O)c1ccccc1. The lowest BCUT2D eigenvalue weighted by Gasteiger charge is -2.10. The Bertz CT molecular complexity index is 266. The second-order valence-electron chi connectivity index (χ2n) is 4.96. The van der Waals surface area contributed by atoms with Crippen molar-refractivity contribution >= 4 is 0 Å². The number of aliphatic hydroxyl groups excluding tert-OH is 1. The Hall–Kier alpha value is -0.820. The molecule has 0 saturated heterocycles. The van der Waals surface area contributed by atoms with Crippen molar-refractivity contribution in [2.45, 2.75) is 52.1 Å². The number of hydrogen-bond donors (Lipinski definition) is 1. The number of rotatable bonds is 7. The smallest absolute Gasteiger partial charge is 0.0790 e. The van der Waals surface area contributed by atoms with Gasteiger partial charge in [0.1, 0.15) is 0 Å². The largest absolute Gasteiger partial charge is 0.388 e. The molecule has 0 saturated carbocycles. The van der Waals surface area contributed by atoms with Gasteiger partial charge in [-0.05, 0) is 17.9 Å². The molecule has 0 aromatic heterocycles. The van der Waals surface area contributed by atoms with E-state index in [-0.39, 0.29) is 6.10 Å². The molecule has 0 spiro atoms. The van der Waals surface area contributed by atoms with Crippen LogP contribution in [0.25, 0.3) is 0 Å². The van der Waals surface area contributed by atoms with Gasteiger partial charge in [0.25, 0.3) is 0 Å². The minimum atomic E-state index is -0.278. The van der Waals surface area contributed by atoms with E-state index in [4.69, 9.17) is 0 Å². The second kappa shape index (κ2) is 7.45. The third-order valence-electron chi connectivity index (χ3n) is 2.94. The zero-order valence-electron chi connectivity index (χ0n) is 10.5. The summed E-state index contributed by atoms with van der Waals surface area (Å²) in [6, 6.07) is 9.95. The standard InChI is InChI=1S/C15H24O/c1-13(2)9-5-3-8-12-15(16)14-10-6-4-7-11-14/h4,6-7,10-11,13,15-16H,3,5,8-9,12H2,1-2H3. The minimum Gasteiger partial charge on any atom is -0.388 e. The first kappa shape index (κ1) is 13.2. The maximum Gasteiger partial charge on any atom is 0.0790 e. The summed E-state index contributed by atoms with van der Waals surface area (Å²) in [5, 5.41) is 9.93. The van der Waals surface area contributed by atoms with E-state index in [1.165, 1.54) is 19.3 Å². The summed E-state index contributed by atoms with van der Waals surface area (Å²) in [6.45, 7) is 4.53. The lowest BCUT2D eigenvalue weighted by Crippen LogP contribution is -1.97. The number of benzene rings is 1. The van der Waals surface area contributed by atoms with E-state index in [1.54, 1.807) is 0 Å². The summed E-state index contributed by atoms with van der Waals surface area (Å²) in [5.74, 6) is 0.805. The van der Waals surface area contributed by atoms with Crippen molar-refractivity contribution in [1.82, 2.24) is 0 Å². The third kappa shape index (κ3) is 5.32. The van der Waals surface area contributed by atoms with Crippen molar-refractivity contribution in [1.29, 1.82) is 0 Å². The van der Waals surface area contributed by atoms with Crippen molar-refractivity contribution < 1.29 is 5.11 Å². The van der Waals surface area contributed by atoms with E-state index < -0.39 is 0 Å². The normalized spacial score (nSPS) is 13.0. The van der Waals surface area contributed by atoms with Crippen molar-refractivity contribution in [3.05, 3.63) is 35.9 Å². The van der Waals surface area contributed by atoms with Crippen LogP contribution in [0.1, 0.15) is 57.6 Å². The molecule has 90 valence electrons. The first-order chi connectivity index (χ1) is 7.70. The van der Waals surface area contributed by atoms with Crippen molar-refractivity contribution in [3.8, 4) is 0 Å². The lowest BCUT2D eigenvalue weighted by molar-refractivity contribution is 0.163. The summed E-state index contributed by atoms with van der Waals surface area (Å²) < 4.78 is 0. The van der Waals surface area contributed by atoms with Gasteiger partial charge in [-0.15, -0.1) is 0 Å². The molecule has 16 heavy (non-hydrogen) atoms. The molecule has 1 atom stereocenters. The quantitative estimate of drug-likeness (QED) is 0.678. The Morgan fingerprint density at radius 1 is 0.938 bits per heavy atom. The van der Waals surface area contributed by atoms with E-state index in [0.29, 0.717) is 0 Å². The summed E-state index contributed by atoms with van der Waals surface area (Å²) in [6.07, 6.45) is 5.58. The van der Waals surface area contributed by atoms with E-state index in [0.717, 1.165) is 24.3 Å². The van der Waals surface area contributed by atoms with Crippen LogP contribution in [0, 0.1) is 5.92 Å². The summed E-state index contributed by atoms with van der Waals surface area (Å²) in [4.78, 5) is 0. The fourth-order valence-electron chi connectivity index (χ4n) is 1.91. The van der Waals surface area contributed by atoms with E-state index in [1.807, 2.05) is 30.3 Å². The molecule has 0 aliphatic heterocycles. The Kier molecular flexibility index (Phi) is 6.17. The Morgan fingerprint density at radius 2 is 1.56 bits per heavy atom.